The summed E-state index contributed by atoms with van der Waals surface area (Å²) in [5.74, 6) is 0. The molecular weight excluding hydrogens is 283 g/mol. The Morgan fingerprint density at radius 2 is 2.00 bits per heavy atom. The number of piperidine rings is 1. The van der Waals surface area contributed by atoms with E-state index in [1.54, 1.807) is 7.11 Å². The molecule has 0 aliphatic carbocycles. The van der Waals surface area contributed by atoms with Gasteiger partial charge in [-0.25, -0.2) is 0 Å². The third kappa shape index (κ3) is 3.61. The molecule has 3 nitrogen and oxygen atoms in total. The summed E-state index contributed by atoms with van der Waals surface area (Å²) in [4.78, 5) is 2.40. The zero-order valence-electron chi connectivity index (χ0n) is 11.1. The van der Waals surface area contributed by atoms with Crippen LogP contribution in [0.15, 0.2) is 18.2 Å². The van der Waals surface area contributed by atoms with Gasteiger partial charge < -0.3 is 10.5 Å². The highest BCUT2D eigenvalue weighted by molar-refractivity contribution is 6.42. The number of likely N-dealkylation sites (tertiary alicyclic amines) is 1. The molecule has 1 aromatic carbocycles. The van der Waals surface area contributed by atoms with Gasteiger partial charge in [-0.2, -0.15) is 0 Å². The first-order valence-electron chi connectivity index (χ1n) is 6.57. The smallest absolute Gasteiger partial charge is 0.0595 e. The zero-order valence-corrected chi connectivity index (χ0v) is 12.6. The predicted octanol–water partition coefficient (Wildman–Crippen LogP) is 3.10. The fourth-order valence-corrected chi connectivity index (χ4v) is 2.95. The summed E-state index contributed by atoms with van der Waals surface area (Å²) < 4.78 is 5.40. The molecule has 1 aliphatic heterocycles. The minimum Gasteiger partial charge on any atom is -0.381 e. The van der Waals surface area contributed by atoms with E-state index in [2.05, 4.69) is 4.90 Å². The third-order valence-corrected chi connectivity index (χ3v) is 4.54. The van der Waals surface area contributed by atoms with Crippen LogP contribution in [0.4, 0.5) is 0 Å². The van der Waals surface area contributed by atoms with E-state index < -0.39 is 0 Å². The van der Waals surface area contributed by atoms with E-state index in [-0.39, 0.29) is 6.04 Å². The number of methoxy groups -OCH3 is 1. The number of hydrogen-bond donors (Lipinski definition) is 1. The average Bonchev–Trinajstić information content (AvgIpc) is 2.44. The number of halogens is 2. The Kier molecular flexibility index (Phi) is 5.48. The van der Waals surface area contributed by atoms with Gasteiger partial charge in [0.1, 0.15) is 0 Å². The van der Waals surface area contributed by atoms with Crippen molar-refractivity contribution in [1.82, 2.24) is 4.90 Å². The van der Waals surface area contributed by atoms with Gasteiger partial charge in [-0.15, -0.1) is 0 Å². The van der Waals surface area contributed by atoms with Gasteiger partial charge in [0, 0.05) is 32.8 Å². The molecule has 106 valence electrons. The van der Waals surface area contributed by atoms with Crippen molar-refractivity contribution in [2.24, 2.45) is 5.73 Å². The van der Waals surface area contributed by atoms with Crippen LogP contribution in [-0.4, -0.2) is 37.7 Å². The number of ether oxygens (including phenoxy) is 1. The maximum absolute atomic E-state index is 6.09. The van der Waals surface area contributed by atoms with Gasteiger partial charge in [-0.05, 0) is 30.5 Å². The van der Waals surface area contributed by atoms with Gasteiger partial charge in [0.05, 0.1) is 16.1 Å². The van der Waals surface area contributed by atoms with Crippen LogP contribution in [0.2, 0.25) is 10.0 Å². The molecule has 19 heavy (non-hydrogen) atoms. The molecule has 1 fully saturated rings. The van der Waals surface area contributed by atoms with Gasteiger partial charge in [0.25, 0.3) is 0 Å². The van der Waals surface area contributed by atoms with E-state index in [0.717, 1.165) is 31.5 Å². The van der Waals surface area contributed by atoms with Crippen LogP contribution >= 0.6 is 23.2 Å². The lowest BCUT2D eigenvalue weighted by Gasteiger charge is -2.37. The van der Waals surface area contributed by atoms with E-state index in [9.17, 15) is 0 Å². The Morgan fingerprint density at radius 1 is 1.32 bits per heavy atom. The SMILES string of the molecule is COC1CCN(C(CN)c2ccc(Cl)c(Cl)c2)CC1. The molecule has 0 aromatic heterocycles. The van der Waals surface area contributed by atoms with Gasteiger partial charge >= 0.3 is 0 Å². The topological polar surface area (TPSA) is 38.5 Å². The number of rotatable bonds is 4. The van der Waals surface area contributed by atoms with Crippen LogP contribution in [0.1, 0.15) is 24.4 Å². The Labute approximate surface area is 124 Å². The first-order valence-corrected chi connectivity index (χ1v) is 7.33. The molecule has 0 saturated carbocycles. The van der Waals surface area contributed by atoms with Crippen molar-refractivity contribution in [2.75, 3.05) is 26.7 Å². The Balaban J connectivity index is 2.09. The molecule has 1 unspecified atom stereocenters. The summed E-state index contributed by atoms with van der Waals surface area (Å²) in [7, 11) is 1.78. The number of benzene rings is 1. The minimum absolute atomic E-state index is 0.201. The highest BCUT2D eigenvalue weighted by atomic mass is 35.5. The van der Waals surface area contributed by atoms with Crippen LogP contribution in [0, 0.1) is 0 Å². The number of hydrogen-bond acceptors (Lipinski definition) is 3. The first-order chi connectivity index (χ1) is 9.15. The molecule has 0 bridgehead atoms. The molecular formula is C14H20Cl2N2O. The molecule has 2 rings (SSSR count). The average molecular weight is 303 g/mol. The van der Waals surface area contributed by atoms with Crippen LogP contribution in [0.5, 0.6) is 0 Å². The number of nitrogens with two attached hydrogens (primary N) is 1. The molecule has 1 aliphatic rings. The van der Waals surface area contributed by atoms with Crippen molar-refractivity contribution >= 4 is 23.2 Å². The standard InChI is InChI=1S/C14H20Cl2N2O/c1-19-11-4-6-18(7-5-11)14(9-17)10-2-3-12(15)13(16)8-10/h2-3,8,11,14H,4-7,9,17H2,1H3. The van der Waals surface area contributed by atoms with Crippen molar-refractivity contribution in [2.45, 2.75) is 25.0 Å². The molecule has 1 aromatic rings. The summed E-state index contributed by atoms with van der Waals surface area (Å²) >= 11 is 12.0. The largest absolute Gasteiger partial charge is 0.381 e. The van der Waals surface area contributed by atoms with Gasteiger partial charge in [-0.1, -0.05) is 29.3 Å². The van der Waals surface area contributed by atoms with Crippen LogP contribution in [0.3, 0.4) is 0 Å². The van der Waals surface area contributed by atoms with E-state index >= 15 is 0 Å². The van der Waals surface area contributed by atoms with Gasteiger partial charge in [0.15, 0.2) is 0 Å². The van der Waals surface area contributed by atoms with Crippen LogP contribution in [0.25, 0.3) is 0 Å². The molecule has 0 amide bonds. The fraction of sp³-hybridized carbons (Fsp3) is 0.571. The first kappa shape index (κ1) is 15.1. The van der Waals surface area contributed by atoms with Crippen molar-refractivity contribution in [3.8, 4) is 0 Å². The predicted molar refractivity (Wildman–Crippen MR) is 79.9 cm³/mol. The van der Waals surface area contributed by atoms with Crippen molar-refractivity contribution in [3.63, 3.8) is 0 Å². The molecule has 1 saturated heterocycles. The van der Waals surface area contributed by atoms with E-state index in [1.807, 2.05) is 18.2 Å². The Morgan fingerprint density at radius 3 is 2.53 bits per heavy atom. The quantitative estimate of drug-likeness (QED) is 0.929. The summed E-state index contributed by atoms with van der Waals surface area (Å²) in [5.41, 5.74) is 7.07. The van der Waals surface area contributed by atoms with Crippen molar-refractivity contribution in [1.29, 1.82) is 0 Å². The second-order valence-corrected chi connectivity index (χ2v) is 5.71. The monoisotopic (exact) mass is 302 g/mol. The highest BCUT2D eigenvalue weighted by Gasteiger charge is 2.25. The van der Waals surface area contributed by atoms with Gasteiger partial charge in [-0.3, -0.25) is 4.90 Å². The highest BCUT2D eigenvalue weighted by Crippen LogP contribution is 2.29. The fourth-order valence-electron chi connectivity index (χ4n) is 2.64. The lowest BCUT2D eigenvalue weighted by atomic mass is 10.0. The summed E-state index contributed by atoms with van der Waals surface area (Å²) in [6, 6.07) is 5.97. The lowest BCUT2D eigenvalue weighted by molar-refractivity contribution is 0.0280. The summed E-state index contributed by atoms with van der Waals surface area (Å²) in [6.07, 6.45) is 2.48. The Bertz CT molecular complexity index is 420. The van der Waals surface area contributed by atoms with Crippen LogP contribution < -0.4 is 5.73 Å². The molecule has 0 spiro atoms. The maximum Gasteiger partial charge on any atom is 0.0595 e. The van der Waals surface area contributed by atoms with E-state index in [1.165, 1.54) is 0 Å². The molecule has 1 heterocycles. The third-order valence-electron chi connectivity index (χ3n) is 3.80. The normalized spacial score (nSPS) is 19.6. The molecule has 1 atom stereocenters. The molecule has 0 radical (unpaired) electrons. The summed E-state index contributed by atoms with van der Waals surface area (Å²) in [5, 5.41) is 1.17. The number of nitrogens with zero attached hydrogens (tertiary/aromatic N) is 1. The van der Waals surface area contributed by atoms with Crippen molar-refractivity contribution < 1.29 is 4.74 Å². The van der Waals surface area contributed by atoms with E-state index in [0.29, 0.717) is 22.7 Å². The molecule has 2 N–H and O–H groups in total. The second-order valence-electron chi connectivity index (χ2n) is 4.90. The van der Waals surface area contributed by atoms with E-state index in [4.69, 9.17) is 33.7 Å². The van der Waals surface area contributed by atoms with Gasteiger partial charge in [0.2, 0.25) is 0 Å². The molecule has 5 heteroatoms. The maximum atomic E-state index is 6.09. The second kappa shape index (κ2) is 6.91. The van der Waals surface area contributed by atoms with Crippen molar-refractivity contribution in [3.05, 3.63) is 33.8 Å². The zero-order chi connectivity index (χ0) is 13.8. The Hall–Kier alpha value is -0.320. The minimum atomic E-state index is 0.201. The van der Waals surface area contributed by atoms with Crippen LogP contribution in [-0.2, 0) is 4.74 Å². The lowest BCUT2D eigenvalue weighted by Crippen LogP contribution is -2.41. The summed E-state index contributed by atoms with van der Waals surface area (Å²) in [6.45, 7) is 2.58.